The highest BCUT2D eigenvalue weighted by Gasteiger charge is 2.55. The third kappa shape index (κ3) is 1.10. The molecule has 1 aliphatic carbocycles. The van der Waals surface area contributed by atoms with E-state index in [-0.39, 0.29) is 0 Å². The topological polar surface area (TPSA) is 12.0 Å². The molecule has 0 bridgehead atoms. The SMILES string of the molecule is CC(C)(C)C1NCCC12CC2. The van der Waals surface area contributed by atoms with Gasteiger partial charge in [-0.25, -0.2) is 0 Å². The highest BCUT2D eigenvalue weighted by Crippen LogP contribution is 2.57. The normalized spacial score (nSPS) is 34.6. The van der Waals surface area contributed by atoms with Gasteiger partial charge in [0.25, 0.3) is 0 Å². The van der Waals surface area contributed by atoms with Crippen LogP contribution in [0.15, 0.2) is 0 Å². The van der Waals surface area contributed by atoms with Crippen molar-refractivity contribution in [2.45, 2.75) is 46.1 Å². The lowest BCUT2D eigenvalue weighted by atomic mass is 9.78. The van der Waals surface area contributed by atoms with Crippen LogP contribution >= 0.6 is 0 Å². The average molecular weight is 153 g/mol. The molecule has 0 aromatic carbocycles. The molecule has 1 spiro atoms. The first kappa shape index (κ1) is 7.60. The van der Waals surface area contributed by atoms with Crippen LogP contribution in [0.1, 0.15) is 40.0 Å². The van der Waals surface area contributed by atoms with Crippen LogP contribution in [-0.2, 0) is 0 Å². The van der Waals surface area contributed by atoms with Gasteiger partial charge in [-0.05, 0) is 36.6 Å². The Labute approximate surface area is 69.6 Å². The van der Waals surface area contributed by atoms with Crippen LogP contribution in [0.4, 0.5) is 0 Å². The van der Waals surface area contributed by atoms with Crippen LogP contribution in [0.25, 0.3) is 0 Å². The fourth-order valence-electron chi connectivity index (χ4n) is 2.75. The number of hydrogen-bond acceptors (Lipinski definition) is 1. The van der Waals surface area contributed by atoms with Crippen molar-refractivity contribution in [3.05, 3.63) is 0 Å². The molecule has 1 heteroatoms. The molecule has 2 aliphatic rings. The van der Waals surface area contributed by atoms with E-state index in [1.165, 1.54) is 25.8 Å². The molecule has 64 valence electrons. The van der Waals surface area contributed by atoms with E-state index in [1.54, 1.807) is 0 Å². The van der Waals surface area contributed by atoms with Crippen LogP contribution in [-0.4, -0.2) is 12.6 Å². The Morgan fingerprint density at radius 3 is 2.18 bits per heavy atom. The Morgan fingerprint density at radius 2 is 1.82 bits per heavy atom. The minimum atomic E-state index is 0.465. The molecule has 11 heavy (non-hydrogen) atoms. The summed E-state index contributed by atoms with van der Waals surface area (Å²) in [6, 6.07) is 0.787. The second-order valence-electron chi connectivity index (χ2n) is 5.37. The highest BCUT2D eigenvalue weighted by atomic mass is 15.0. The first-order chi connectivity index (χ1) is 5.05. The number of rotatable bonds is 0. The van der Waals surface area contributed by atoms with Crippen molar-refractivity contribution < 1.29 is 0 Å². The second-order valence-corrected chi connectivity index (χ2v) is 5.37. The summed E-state index contributed by atoms with van der Waals surface area (Å²) in [5.41, 5.74) is 1.20. The largest absolute Gasteiger partial charge is 0.313 e. The predicted octanol–water partition coefficient (Wildman–Crippen LogP) is 2.17. The van der Waals surface area contributed by atoms with E-state index < -0.39 is 0 Å². The molecule has 2 rings (SSSR count). The third-order valence-corrected chi connectivity index (χ3v) is 3.34. The Kier molecular flexibility index (Phi) is 1.39. The summed E-state index contributed by atoms with van der Waals surface area (Å²) in [6.07, 6.45) is 4.37. The summed E-state index contributed by atoms with van der Waals surface area (Å²) >= 11 is 0. The monoisotopic (exact) mass is 153 g/mol. The molecule has 1 N–H and O–H groups in total. The van der Waals surface area contributed by atoms with Gasteiger partial charge in [0, 0.05) is 6.04 Å². The van der Waals surface area contributed by atoms with E-state index in [4.69, 9.17) is 0 Å². The van der Waals surface area contributed by atoms with E-state index in [0.29, 0.717) is 5.41 Å². The Bertz CT molecular complexity index is 162. The van der Waals surface area contributed by atoms with Gasteiger partial charge >= 0.3 is 0 Å². The van der Waals surface area contributed by atoms with Crippen LogP contribution < -0.4 is 5.32 Å². The van der Waals surface area contributed by atoms with Gasteiger partial charge in [0.15, 0.2) is 0 Å². The lowest BCUT2D eigenvalue weighted by Gasteiger charge is -2.32. The summed E-state index contributed by atoms with van der Waals surface area (Å²) in [5.74, 6) is 0. The minimum Gasteiger partial charge on any atom is -0.313 e. The summed E-state index contributed by atoms with van der Waals surface area (Å²) in [7, 11) is 0. The van der Waals surface area contributed by atoms with Crippen molar-refractivity contribution in [3.8, 4) is 0 Å². The third-order valence-electron chi connectivity index (χ3n) is 3.34. The molecule has 0 radical (unpaired) electrons. The molecule has 1 heterocycles. The fraction of sp³-hybridized carbons (Fsp3) is 1.00. The van der Waals surface area contributed by atoms with Gasteiger partial charge in [0.05, 0.1) is 0 Å². The molecule has 0 amide bonds. The lowest BCUT2D eigenvalue weighted by molar-refractivity contribution is 0.225. The highest BCUT2D eigenvalue weighted by molar-refractivity contribution is 5.10. The zero-order chi connectivity index (χ0) is 8.11. The minimum absolute atomic E-state index is 0.465. The van der Waals surface area contributed by atoms with E-state index in [2.05, 4.69) is 26.1 Å². The van der Waals surface area contributed by atoms with Crippen LogP contribution in [0, 0.1) is 10.8 Å². The van der Waals surface area contributed by atoms with Crippen molar-refractivity contribution in [1.82, 2.24) is 5.32 Å². The maximum atomic E-state index is 3.65. The van der Waals surface area contributed by atoms with Gasteiger partial charge in [-0.1, -0.05) is 20.8 Å². The maximum Gasteiger partial charge on any atom is 0.0172 e. The molecule has 1 unspecified atom stereocenters. The smallest absolute Gasteiger partial charge is 0.0172 e. The van der Waals surface area contributed by atoms with Gasteiger partial charge in [-0.2, -0.15) is 0 Å². The summed E-state index contributed by atoms with van der Waals surface area (Å²) in [4.78, 5) is 0. The van der Waals surface area contributed by atoms with Crippen molar-refractivity contribution in [2.24, 2.45) is 10.8 Å². The molecule has 0 aromatic rings. The Balaban J connectivity index is 2.14. The van der Waals surface area contributed by atoms with Crippen LogP contribution in [0.5, 0.6) is 0 Å². The first-order valence-electron chi connectivity index (χ1n) is 4.78. The Morgan fingerprint density at radius 1 is 1.18 bits per heavy atom. The summed E-state index contributed by atoms with van der Waals surface area (Å²) < 4.78 is 0. The lowest BCUT2D eigenvalue weighted by Crippen LogP contribution is -2.40. The molecule has 1 nitrogen and oxygen atoms in total. The number of nitrogens with one attached hydrogen (secondary N) is 1. The van der Waals surface area contributed by atoms with Gasteiger partial charge in [0.2, 0.25) is 0 Å². The molecule has 1 saturated heterocycles. The Hall–Kier alpha value is -0.0400. The zero-order valence-corrected chi connectivity index (χ0v) is 7.91. The van der Waals surface area contributed by atoms with E-state index in [0.717, 1.165) is 11.5 Å². The van der Waals surface area contributed by atoms with E-state index in [1.807, 2.05) is 0 Å². The van der Waals surface area contributed by atoms with E-state index in [9.17, 15) is 0 Å². The molecule has 1 aliphatic heterocycles. The maximum absolute atomic E-state index is 3.65. The molecule has 0 aromatic heterocycles. The zero-order valence-electron chi connectivity index (χ0n) is 7.91. The summed E-state index contributed by atoms with van der Waals surface area (Å²) in [6.45, 7) is 8.32. The fourth-order valence-corrected chi connectivity index (χ4v) is 2.75. The van der Waals surface area contributed by atoms with Crippen molar-refractivity contribution in [2.75, 3.05) is 6.54 Å². The van der Waals surface area contributed by atoms with Crippen molar-refractivity contribution >= 4 is 0 Å². The molecular weight excluding hydrogens is 134 g/mol. The van der Waals surface area contributed by atoms with Crippen LogP contribution in [0.3, 0.4) is 0 Å². The van der Waals surface area contributed by atoms with Gasteiger partial charge < -0.3 is 5.32 Å². The average Bonchev–Trinajstić information content (AvgIpc) is 2.38. The molecule has 1 atom stereocenters. The van der Waals surface area contributed by atoms with Gasteiger partial charge in [-0.15, -0.1) is 0 Å². The van der Waals surface area contributed by atoms with Crippen molar-refractivity contribution in [3.63, 3.8) is 0 Å². The second kappa shape index (κ2) is 2.01. The molecular formula is C10H19N. The standard InChI is InChI=1S/C10H19N/c1-9(2,3)8-10(4-5-10)6-7-11-8/h8,11H,4-7H2,1-3H3. The first-order valence-corrected chi connectivity index (χ1v) is 4.78. The summed E-state index contributed by atoms with van der Waals surface area (Å²) in [5, 5.41) is 3.65. The molecule has 1 saturated carbocycles. The van der Waals surface area contributed by atoms with Gasteiger partial charge in [0.1, 0.15) is 0 Å². The molecule has 2 fully saturated rings. The van der Waals surface area contributed by atoms with Crippen molar-refractivity contribution in [1.29, 1.82) is 0 Å². The van der Waals surface area contributed by atoms with Crippen LogP contribution in [0.2, 0.25) is 0 Å². The van der Waals surface area contributed by atoms with Gasteiger partial charge in [-0.3, -0.25) is 0 Å². The quantitative estimate of drug-likeness (QED) is 0.562. The number of hydrogen-bond donors (Lipinski definition) is 1. The predicted molar refractivity (Wildman–Crippen MR) is 47.5 cm³/mol. The van der Waals surface area contributed by atoms with E-state index >= 15 is 0 Å².